The van der Waals surface area contributed by atoms with Crippen molar-refractivity contribution >= 4 is 11.6 Å². The number of carbonyl (C=O) groups is 1. The number of nitrogens with zero attached hydrogens (tertiary/aromatic N) is 3. The predicted molar refractivity (Wildman–Crippen MR) is 115 cm³/mol. The van der Waals surface area contributed by atoms with E-state index in [4.69, 9.17) is 14.8 Å². The molecule has 0 fully saturated rings. The molecule has 6 heteroatoms. The Bertz CT molecular complexity index is 964. The van der Waals surface area contributed by atoms with Gasteiger partial charge in [-0.1, -0.05) is 30.3 Å². The summed E-state index contributed by atoms with van der Waals surface area (Å²) in [6.45, 7) is 9.37. The maximum atomic E-state index is 12.2. The lowest BCUT2D eigenvalue weighted by atomic mass is 10.1. The molecular weight excluding hydrogens is 364 g/mol. The van der Waals surface area contributed by atoms with Crippen LogP contribution in [0.3, 0.4) is 0 Å². The molecule has 1 amide bonds. The minimum absolute atomic E-state index is 0.0545. The predicted octanol–water partition coefficient (Wildman–Crippen LogP) is 3.88. The molecule has 0 aliphatic heterocycles. The van der Waals surface area contributed by atoms with E-state index >= 15 is 0 Å². The van der Waals surface area contributed by atoms with Gasteiger partial charge >= 0.3 is 0 Å². The van der Waals surface area contributed by atoms with Gasteiger partial charge in [-0.2, -0.15) is 5.10 Å². The van der Waals surface area contributed by atoms with Crippen LogP contribution in [0.5, 0.6) is 0 Å². The summed E-state index contributed by atoms with van der Waals surface area (Å²) in [4.78, 5) is 16.9. The van der Waals surface area contributed by atoms with Gasteiger partial charge in [0.15, 0.2) is 5.65 Å². The summed E-state index contributed by atoms with van der Waals surface area (Å²) in [6.07, 6.45) is 2.14. The molecule has 3 rings (SSSR count). The van der Waals surface area contributed by atoms with E-state index in [1.165, 1.54) is 0 Å². The summed E-state index contributed by atoms with van der Waals surface area (Å²) >= 11 is 0. The number of ether oxygens (including phenoxy) is 1. The Kier molecular flexibility index (Phi) is 6.99. The van der Waals surface area contributed by atoms with Crippen molar-refractivity contribution in [3.05, 3.63) is 53.3 Å². The number of benzene rings is 1. The monoisotopic (exact) mass is 394 g/mol. The first kappa shape index (κ1) is 21.0. The Morgan fingerprint density at radius 3 is 2.69 bits per heavy atom. The number of aryl methyl sites for hydroxylation is 2. The molecule has 29 heavy (non-hydrogen) atoms. The van der Waals surface area contributed by atoms with Crippen molar-refractivity contribution in [3.8, 4) is 11.3 Å². The molecule has 2 aromatic heterocycles. The average Bonchev–Trinajstić information content (AvgIpc) is 3.12. The number of aromatic nitrogens is 3. The van der Waals surface area contributed by atoms with E-state index in [1.807, 2.05) is 68.6 Å². The maximum Gasteiger partial charge on any atom is 0.220 e. The first-order valence-electron chi connectivity index (χ1n) is 10.2. The lowest BCUT2D eigenvalue weighted by Gasteiger charge is -2.11. The van der Waals surface area contributed by atoms with Crippen molar-refractivity contribution in [2.75, 3.05) is 13.2 Å². The minimum Gasteiger partial charge on any atom is -0.379 e. The van der Waals surface area contributed by atoms with Gasteiger partial charge in [0, 0.05) is 42.6 Å². The van der Waals surface area contributed by atoms with Crippen LogP contribution in [0.15, 0.2) is 36.4 Å². The molecule has 0 bridgehead atoms. The van der Waals surface area contributed by atoms with Crippen molar-refractivity contribution in [1.82, 2.24) is 19.9 Å². The van der Waals surface area contributed by atoms with Crippen LogP contribution in [0.4, 0.5) is 0 Å². The second-order valence-corrected chi connectivity index (χ2v) is 7.55. The van der Waals surface area contributed by atoms with Crippen LogP contribution in [0, 0.1) is 13.8 Å². The Morgan fingerprint density at radius 1 is 1.21 bits per heavy atom. The Hall–Kier alpha value is -2.73. The molecule has 0 unspecified atom stereocenters. The summed E-state index contributed by atoms with van der Waals surface area (Å²) < 4.78 is 7.37. The topological polar surface area (TPSA) is 68.5 Å². The molecular formula is C23H30N4O2. The minimum atomic E-state index is 0.0545. The molecule has 0 saturated carbocycles. The zero-order chi connectivity index (χ0) is 20.8. The number of amides is 1. The smallest absolute Gasteiger partial charge is 0.220 e. The average molecular weight is 395 g/mol. The van der Waals surface area contributed by atoms with Gasteiger partial charge in [-0.3, -0.25) is 4.79 Å². The third-order valence-electron chi connectivity index (χ3n) is 4.93. The summed E-state index contributed by atoms with van der Waals surface area (Å²) in [5, 5.41) is 7.70. The van der Waals surface area contributed by atoms with E-state index in [0.29, 0.717) is 26.0 Å². The fourth-order valence-corrected chi connectivity index (χ4v) is 3.38. The second-order valence-electron chi connectivity index (χ2n) is 7.55. The quantitative estimate of drug-likeness (QED) is 0.559. The standard InChI is InChI=1S/C23H30N4O2/c1-16(2)29-14-8-13-24-23(28)12-11-20-17(3)25-22-15-21(26-27(22)18(20)4)19-9-6-5-7-10-19/h5-7,9-10,15-16H,8,11-14H2,1-4H3,(H,24,28). The maximum absolute atomic E-state index is 12.2. The van der Waals surface area contributed by atoms with Gasteiger partial charge in [-0.25, -0.2) is 9.50 Å². The van der Waals surface area contributed by atoms with Crippen molar-refractivity contribution in [2.24, 2.45) is 0 Å². The van der Waals surface area contributed by atoms with Crippen molar-refractivity contribution < 1.29 is 9.53 Å². The van der Waals surface area contributed by atoms with Gasteiger partial charge < -0.3 is 10.1 Å². The number of hydrogen-bond acceptors (Lipinski definition) is 4. The zero-order valence-electron chi connectivity index (χ0n) is 17.7. The SMILES string of the molecule is Cc1nc2cc(-c3ccccc3)nn2c(C)c1CCC(=O)NCCCOC(C)C. The zero-order valence-corrected chi connectivity index (χ0v) is 17.7. The van der Waals surface area contributed by atoms with Gasteiger partial charge in [0.1, 0.15) is 0 Å². The van der Waals surface area contributed by atoms with Crippen LogP contribution in [-0.2, 0) is 16.0 Å². The lowest BCUT2D eigenvalue weighted by molar-refractivity contribution is -0.121. The second kappa shape index (κ2) is 9.65. The Morgan fingerprint density at radius 2 is 1.97 bits per heavy atom. The fourth-order valence-electron chi connectivity index (χ4n) is 3.38. The van der Waals surface area contributed by atoms with Crippen LogP contribution < -0.4 is 5.32 Å². The molecule has 0 atom stereocenters. The molecule has 3 aromatic rings. The molecule has 154 valence electrons. The molecule has 2 heterocycles. The van der Waals surface area contributed by atoms with Crippen LogP contribution in [-0.4, -0.2) is 39.8 Å². The van der Waals surface area contributed by atoms with Crippen molar-refractivity contribution in [3.63, 3.8) is 0 Å². The Labute approximate surface area is 172 Å². The molecule has 0 aliphatic rings. The molecule has 6 nitrogen and oxygen atoms in total. The lowest BCUT2D eigenvalue weighted by Crippen LogP contribution is -2.26. The third-order valence-corrected chi connectivity index (χ3v) is 4.93. The number of nitrogens with one attached hydrogen (secondary N) is 1. The van der Waals surface area contributed by atoms with Gasteiger partial charge in [-0.05, 0) is 46.1 Å². The van der Waals surface area contributed by atoms with Gasteiger partial charge in [0.2, 0.25) is 5.91 Å². The first-order chi connectivity index (χ1) is 14.0. The van der Waals surface area contributed by atoms with Crippen LogP contribution in [0.25, 0.3) is 16.9 Å². The van der Waals surface area contributed by atoms with E-state index in [-0.39, 0.29) is 12.0 Å². The molecule has 1 N–H and O–H groups in total. The largest absolute Gasteiger partial charge is 0.379 e. The molecule has 0 saturated heterocycles. The number of rotatable bonds is 9. The normalized spacial score (nSPS) is 11.3. The number of hydrogen-bond donors (Lipinski definition) is 1. The van der Waals surface area contributed by atoms with Crippen LogP contribution in [0.1, 0.15) is 43.6 Å². The highest BCUT2D eigenvalue weighted by Crippen LogP contribution is 2.22. The number of fused-ring (bicyclic) bond motifs is 1. The fraction of sp³-hybridized carbons (Fsp3) is 0.435. The highest BCUT2D eigenvalue weighted by molar-refractivity contribution is 5.76. The van der Waals surface area contributed by atoms with E-state index in [9.17, 15) is 4.79 Å². The highest BCUT2D eigenvalue weighted by atomic mass is 16.5. The van der Waals surface area contributed by atoms with Gasteiger partial charge in [-0.15, -0.1) is 0 Å². The van der Waals surface area contributed by atoms with Crippen LogP contribution in [0.2, 0.25) is 0 Å². The highest BCUT2D eigenvalue weighted by Gasteiger charge is 2.14. The number of carbonyl (C=O) groups excluding carboxylic acids is 1. The van der Waals surface area contributed by atoms with Crippen molar-refractivity contribution in [1.29, 1.82) is 0 Å². The van der Waals surface area contributed by atoms with Gasteiger partial charge in [0.25, 0.3) is 0 Å². The summed E-state index contributed by atoms with van der Waals surface area (Å²) in [7, 11) is 0. The van der Waals surface area contributed by atoms with Gasteiger partial charge in [0.05, 0.1) is 11.8 Å². The molecule has 0 spiro atoms. The third kappa shape index (κ3) is 5.41. The Balaban J connectivity index is 1.64. The first-order valence-corrected chi connectivity index (χ1v) is 10.2. The van der Waals surface area contributed by atoms with E-state index in [2.05, 4.69) is 5.32 Å². The molecule has 0 aliphatic carbocycles. The molecule has 0 radical (unpaired) electrons. The van der Waals surface area contributed by atoms with E-state index in [0.717, 1.165) is 40.3 Å². The van der Waals surface area contributed by atoms with E-state index < -0.39 is 0 Å². The van der Waals surface area contributed by atoms with E-state index in [1.54, 1.807) is 0 Å². The summed E-state index contributed by atoms with van der Waals surface area (Å²) in [6, 6.07) is 12.1. The summed E-state index contributed by atoms with van der Waals surface area (Å²) in [5.74, 6) is 0.0545. The summed E-state index contributed by atoms with van der Waals surface area (Å²) in [5.41, 5.74) is 5.87. The van der Waals surface area contributed by atoms with Crippen molar-refractivity contribution in [2.45, 2.75) is 53.1 Å². The molecule has 1 aromatic carbocycles. The van der Waals surface area contributed by atoms with Crippen LogP contribution >= 0.6 is 0 Å².